The van der Waals surface area contributed by atoms with Crippen LogP contribution in [-0.2, 0) is 13.0 Å². The van der Waals surface area contributed by atoms with Gasteiger partial charge in [-0.1, -0.05) is 46.3 Å². The average Bonchev–Trinajstić information content (AvgIpc) is 2.44. The van der Waals surface area contributed by atoms with Crippen LogP contribution in [0.5, 0.6) is 5.75 Å². The molecule has 0 saturated heterocycles. The Morgan fingerprint density at radius 1 is 1.11 bits per heavy atom. The van der Waals surface area contributed by atoms with Crippen LogP contribution in [0.1, 0.15) is 11.1 Å². The lowest BCUT2D eigenvalue weighted by molar-refractivity contribution is 0.321. The molecule has 2 aromatic rings. The summed E-state index contributed by atoms with van der Waals surface area (Å²) in [5, 5.41) is 3.15. The molecule has 0 aliphatic rings. The third-order valence-corrected chi connectivity index (χ3v) is 3.66. The van der Waals surface area contributed by atoms with E-state index in [-0.39, 0.29) is 0 Å². The van der Waals surface area contributed by atoms with Crippen molar-refractivity contribution in [2.24, 2.45) is 0 Å². The Hall–Kier alpha value is -1.32. The normalized spacial score (nSPS) is 10.4. The van der Waals surface area contributed by atoms with Gasteiger partial charge in [-0.2, -0.15) is 0 Å². The maximum atomic E-state index is 5.80. The lowest BCUT2D eigenvalue weighted by Crippen LogP contribution is -2.06. The van der Waals surface area contributed by atoms with Gasteiger partial charge in [0.05, 0.1) is 6.61 Å². The molecule has 0 spiro atoms. The van der Waals surface area contributed by atoms with Crippen LogP contribution >= 0.6 is 15.9 Å². The largest absolute Gasteiger partial charge is 0.493 e. The monoisotopic (exact) mass is 319 g/mol. The predicted molar refractivity (Wildman–Crippen MR) is 82.5 cm³/mol. The summed E-state index contributed by atoms with van der Waals surface area (Å²) < 4.78 is 6.91. The Bertz CT molecular complexity index is 513. The third-order valence-electron chi connectivity index (χ3n) is 2.89. The number of benzene rings is 2. The van der Waals surface area contributed by atoms with Crippen LogP contribution in [-0.4, -0.2) is 13.7 Å². The molecule has 0 aromatic heterocycles. The number of nitrogens with one attached hydrogen (secondary N) is 1. The van der Waals surface area contributed by atoms with Gasteiger partial charge in [0, 0.05) is 17.4 Å². The molecular weight excluding hydrogens is 302 g/mol. The lowest BCUT2D eigenvalue weighted by atomic mass is 10.2. The fourth-order valence-electron chi connectivity index (χ4n) is 1.90. The van der Waals surface area contributed by atoms with E-state index in [1.165, 1.54) is 11.1 Å². The van der Waals surface area contributed by atoms with E-state index in [1.54, 1.807) is 0 Å². The van der Waals surface area contributed by atoms with Gasteiger partial charge in [-0.3, -0.25) is 0 Å². The highest BCUT2D eigenvalue weighted by atomic mass is 79.9. The molecule has 0 saturated carbocycles. The zero-order valence-electron chi connectivity index (χ0n) is 11.0. The number of rotatable bonds is 6. The van der Waals surface area contributed by atoms with Crippen LogP contribution in [0, 0.1) is 0 Å². The van der Waals surface area contributed by atoms with Crippen molar-refractivity contribution in [3.8, 4) is 5.75 Å². The molecule has 3 heteroatoms. The van der Waals surface area contributed by atoms with Crippen molar-refractivity contribution in [3.63, 3.8) is 0 Å². The molecule has 0 heterocycles. The van der Waals surface area contributed by atoms with Gasteiger partial charge in [-0.25, -0.2) is 0 Å². The summed E-state index contributed by atoms with van der Waals surface area (Å²) in [6, 6.07) is 16.5. The van der Waals surface area contributed by atoms with Gasteiger partial charge in [0.2, 0.25) is 0 Å². The highest BCUT2D eigenvalue weighted by Gasteiger charge is 2.02. The van der Waals surface area contributed by atoms with Crippen LogP contribution in [0.2, 0.25) is 0 Å². The van der Waals surface area contributed by atoms with Crippen LogP contribution in [0.25, 0.3) is 0 Å². The van der Waals surface area contributed by atoms with Crippen molar-refractivity contribution >= 4 is 15.9 Å². The van der Waals surface area contributed by atoms with E-state index in [0.717, 1.165) is 23.2 Å². The summed E-state index contributed by atoms with van der Waals surface area (Å²) >= 11 is 3.54. The Morgan fingerprint density at radius 2 is 1.89 bits per heavy atom. The zero-order chi connectivity index (χ0) is 13.5. The number of hydrogen-bond acceptors (Lipinski definition) is 2. The summed E-state index contributed by atoms with van der Waals surface area (Å²) in [7, 11) is 1.94. The second kappa shape index (κ2) is 7.31. The Balaban J connectivity index is 1.91. The van der Waals surface area contributed by atoms with Crippen LogP contribution in [0.15, 0.2) is 53.0 Å². The molecule has 0 bridgehead atoms. The first-order valence-electron chi connectivity index (χ1n) is 6.39. The van der Waals surface area contributed by atoms with Crippen molar-refractivity contribution in [3.05, 3.63) is 64.1 Å². The molecule has 0 unspecified atom stereocenters. The van der Waals surface area contributed by atoms with Gasteiger partial charge in [0.25, 0.3) is 0 Å². The second-order valence-electron chi connectivity index (χ2n) is 4.37. The van der Waals surface area contributed by atoms with E-state index in [2.05, 4.69) is 51.6 Å². The van der Waals surface area contributed by atoms with Gasteiger partial charge >= 0.3 is 0 Å². The maximum Gasteiger partial charge on any atom is 0.119 e. The summed E-state index contributed by atoms with van der Waals surface area (Å²) in [6.45, 7) is 1.53. The van der Waals surface area contributed by atoms with Gasteiger partial charge < -0.3 is 10.1 Å². The topological polar surface area (TPSA) is 21.3 Å². The minimum Gasteiger partial charge on any atom is -0.493 e. The fraction of sp³-hybridized carbons (Fsp3) is 0.250. The highest BCUT2D eigenvalue weighted by molar-refractivity contribution is 9.10. The maximum absolute atomic E-state index is 5.80. The van der Waals surface area contributed by atoms with Crippen LogP contribution in [0.4, 0.5) is 0 Å². The summed E-state index contributed by atoms with van der Waals surface area (Å²) in [4.78, 5) is 0. The van der Waals surface area contributed by atoms with Gasteiger partial charge in [0.15, 0.2) is 0 Å². The smallest absolute Gasteiger partial charge is 0.119 e. The molecule has 0 radical (unpaired) electrons. The molecule has 2 aromatic carbocycles. The van der Waals surface area contributed by atoms with E-state index in [0.29, 0.717) is 6.61 Å². The van der Waals surface area contributed by atoms with Gasteiger partial charge in [-0.15, -0.1) is 0 Å². The first kappa shape index (κ1) is 14.1. The molecule has 0 fully saturated rings. The summed E-state index contributed by atoms with van der Waals surface area (Å²) in [5.41, 5.74) is 2.51. The summed E-state index contributed by atoms with van der Waals surface area (Å²) in [6.07, 6.45) is 0.929. The predicted octanol–water partition coefficient (Wildman–Crippen LogP) is 3.79. The minimum absolute atomic E-state index is 0.699. The minimum atomic E-state index is 0.699. The quantitative estimate of drug-likeness (QED) is 0.874. The molecule has 100 valence electrons. The van der Waals surface area contributed by atoms with Crippen molar-refractivity contribution < 1.29 is 4.74 Å². The second-order valence-corrected chi connectivity index (χ2v) is 5.22. The first-order valence-corrected chi connectivity index (χ1v) is 7.18. The van der Waals surface area contributed by atoms with Crippen molar-refractivity contribution in [2.75, 3.05) is 13.7 Å². The third kappa shape index (κ3) is 4.37. The molecule has 0 aliphatic heterocycles. The standard InChI is InChI=1S/C16H18BrNO/c1-18-12-14-11-15(7-8-16(14)17)19-10-9-13-5-3-2-4-6-13/h2-8,11,18H,9-10,12H2,1H3. The van der Waals surface area contributed by atoms with Crippen molar-refractivity contribution in [1.82, 2.24) is 5.32 Å². The van der Waals surface area contributed by atoms with E-state index in [9.17, 15) is 0 Å². The van der Waals surface area contributed by atoms with E-state index in [4.69, 9.17) is 4.74 Å². The SMILES string of the molecule is CNCc1cc(OCCc2ccccc2)ccc1Br. The van der Waals surface area contributed by atoms with E-state index < -0.39 is 0 Å². The molecular formula is C16H18BrNO. The number of hydrogen-bond donors (Lipinski definition) is 1. The van der Waals surface area contributed by atoms with Crippen LogP contribution in [0.3, 0.4) is 0 Å². The molecule has 0 atom stereocenters. The van der Waals surface area contributed by atoms with Crippen LogP contribution < -0.4 is 10.1 Å². The first-order chi connectivity index (χ1) is 9.29. The molecule has 0 aliphatic carbocycles. The summed E-state index contributed by atoms with van der Waals surface area (Å²) in [5.74, 6) is 0.921. The Morgan fingerprint density at radius 3 is 2.63 bits per heavy atom. The highest BCUT2D eigenvalue weighted by Crippen LogP contribution is 2.22. The molecule has 0 amide bonds. The lowest BCUT2D eigenvalue weighted by Gasteiger charge is -2.09. The molecule has 2 rings (SSSR count). The molecule has 19 heavy (non-hydrogen) atoms. The van der Waals surface area contributed by atoms with Gasteiger partial charge in [0.1, 0.15) is 5.75 Å². The van der Waals surface area contributed by atoms with Crippen molar-refractivity contribution in [2.45, 2.75) is 13.0 Å². The van der Waals surface area contributed by atoms with Crippen molar-refractivity contribution in [1.29, 1.82) is 0 Å². The number of halogens is 1. The average molecular weight is 320 g/mol. The molecule has 2 nitrogen and oxygen atoms in total. The number of ether oxygens (including phenoxy) is 1. The Labute approximate surface area is 122 Å². The Kier molecular flexibility index (Phi) is 5.43. The zero-order valence-corrected chi connectivity index (χ0v) is 12.6. The van der Waals surface area contributed by atoms with E-state index in [1.807, 2.05) is 25.2 Å². The molecule has 1 N–H and O–H groups in total. The van der Waals surface area contributed by atoms with E-state index >= 15 is 0 Å². The van der Waals surface area contributed by atoms with Gasteiger partial charge in [-0.05, 0) is 36.4 Å². The fourth-order valence-corrected chi connectivity index (χ4v) is 2.29.